The molecule has 0 aromatic heterocycles. The Morgan fingerprint density at radius 2 is 1.94 bits per heavy atom. The molecule has 0 bridgehead atoms. The summed E-state index contributed by atoms with van der Waals surface area (Å²) in [5.41, 5.74) is 2.44. The van der Waals surface area contributed by atoms with Gasteiger partial charge in [0.2, 0.25) is 0 Å². The first-order chi connectivity index (χ1) is 8.13. The molecule has 2 amide bonds. The molecule has 0 unspecified atom stereocenters. The quantitative estimate of drug-likeness (QED) is 0.370. The molecule has 5 nitrogen and oxygen atoms in total. The first-order valence-electron chi connectivity index (χ1n) is 4.73. The molecule has 0 fully saturated rings. The van der Waals surface area contributed by atoms with Crippen LogP contribution in [0.2, 0.25) is 5.02 Å². The van der Waals surface area contributed by atoms with E-state index in [4.69, 9.17) is 11.6 Å². The number of hydrogen-bond donors (Lipinski definition) is 2. The van der Waals surface area contributed by atoms with E-state index in [2.05, 4.69) is 16.7 Å². The van der Waals surface area contributed by atoms with E-state index in [0.717, 1.165) is 0 Å². The fourth-order valence-corrected chi connectivity index (χ4v) is 1.06. The first-order valence-corrected chi connectivity index (χ1v) is 5.11. The lowest BCUT2D eigenvalue weighted by molar-refractivity contribution is -0.143. The van der Waals surface area contributed by atoms with Gasteiger partial charge in [-0.25, -0.2) is 5.48 Å². The number of halogens is 1. The largest absolute Gasteiger partial charge is 0.333 e. The lowest BCUT2D eigenvalue weighted by Gasteiger charge is -2.05. The van der Waals surface area contributed by atoms with Crippen LogP contribution in [0.5, 0.6) is 0 Å². The molecule has 6 heteroatoms. The topological polar surface area (TPSA) is 67.4 Å². The molecule has 0 atom stereocenters. The summed E-state index contributed by atoms with van der Waals surface area (Å²) in [6.07, 6.45) is 1.44. The molecule has 0 saturated carbocycles. The van der Waals surface area contributed by atoms with Crippen molar-refractivity contribution in [3.05, 3.63) is 41.9 Å². The molecular formula is C11H11ClN2O3. The number of carbonyl (C=O) groups excluding carboxylic acids is 2. The Labute approximate surface area is 103 Å². The number of hydrogen-bond acceptors (Lipinski definition) is 3. The van der Waals surface area contributed by atoms with Gasteiger partial charge < -0.3 is 5.32 Å². The minimum atomic E-state index is -0.887. The Morgan fingerprint density at radius 1 is 1.29 bits per heavy atom. The van der Waals surface area contributed by atoms with E-state index in [1.807, 2.05) is 5.48 Å². The lowest BCUT2D eigenvalue weighted by atomic mass is 10.3. The highest BCUT2D eigenvalue weighted by Gasteiger charge is 2.13. The maximum Gasteiger partial charge on any atom is 0.333 e. The predicted molar refractivity (Wildman–Crippen MR) is 64.4 cm³/mol. The van der Waals surface area contributed by atoms with Crippen LogP contribution in [0.25, 0.3) is 0 Å². The highest BCUT2D eigenvalue weighted by molar-refractivity contribution is 6.39. The summed E-state index contributed by atoms with van der Waals surface area (Å²) in [5.74, 6) is -1.71. The van der Waals surface area contributed by atoms with Crippen LogP contribution in [0.3, 0.4) is 0 Å². The zero-order valence-corrected chi connectivity index (χ0v) is 9.66. The molecule has 0 spiro atoms. The van der Waals surface area contributed by atoms with Gasteiger partial charge in [0, 0.05) is 10.7 Å². The number of benzene rings is 1. The third kappa shape index (κ3) is 4.67. The van der Waals surface area contributed by atoms with Crippen molar-refractivity contribution < 1.29 is 14.4 Å². The van der Waals surface area contributed by atoms with Crippen LogP contribution in [0, 0.1) is 0 Å². The van der Waals surface area contributed by atoms with E-state index >= 15 is 0 Å². The number of rotatable bonds is 4. The van der Waals surface area contributed by atoms with Crippen LogP contribution in [0.4, 0.5) is 5.69 Å². The van der Waals surface area contributed by atoms with Crippen LogP contribution in [-0.2, 0) is 14.4 Å². The summed E-state index contributed by atoms with van der Waals surface area (Å²) in [7, 11) is 0. The smallest absolute Gasteiger partial charge is 0.318 e. The Balaban J connectivity index is 2.45. The van der Waals surface area contributed by atoms with Crippen molar-refractivity contribution in [2.24, 2.45) is 0 Å². The van der Waals surface area contributed by atoms with Crippen molar-refractivity contribution in [1.82, 2.24) is 5.48 Å². The van der Waals surface area contributed by atoms with Crippen LogP contribution in [0.1, 0.15) is 0 Å². The van der Waals surface area contributed by atoms with E-state index in [-0.39, 0.29) is 6.61 Å². The van der Waals surface area contributed by atoms with E-state index in [1.54, 1.807) is 24.3 Å². The summed E-state index contributed by atoms with van der Waals surface area (Å²) in [6, 6.07) is 6.36. The molecule has 90 valence electrons. The molecular weight excluding hydrogens is 244 g/mol. The number of carbonyl (C=O) groups is 2. The third-order valence-electron chi connectivity index (χ3n) is 1.67. The second-order valence-electron chi connectivity index (χ2n) is 2.99. The Bertz CT molecular complexity index is 417. The molecule has 1 aromatic carbocycles. The van der Waals surface area contributed by atoms with Crippen molar-refractivity contribution in [2.45, 2.75) is 0 Å². The van der Waals surface area contributed by atoms with Crippen molar-refractivity contribution in [3.8, 4) is 0 Å². The predicted octanol–water partition coefficient (Wildman–Crippen LogP) is 1.51. The average molecular weight is 255 g/mol. The van der Waals surface area contributed by atoms with Gasteiger partial charge in [0.15, 0.2) is 0 Å². The average Bonchev–Trinajstić information content (AvgIpc) is 2.32. The molecule has 0 heterocycles. The molecule has 2 N–H and O–H groups in total. The second kappa shape index (κ2) is 6.67. The second-order valence-corrected chi connectivity index (χ2v) is 3.43. The van der Waals surface area contributed by atoms with Crippen molar-refractivity contribution >= 4 is 29.1 Å². The van der Waals surface area contributed by atoms with Gasteiger partial charge in [-0.15, -0.1) is 6.58 Å². The van der Waals surface area contributed by atoms with Crippen LogP contribution in [0.15, 0.2) is 36.9 Å². The van der Waals surface area contributed by atoms with E-state index in [9.17, 15) is 9.59 Å². The number of nitrogens with one attached hydrogen (secondary N) is 2. The van der Waals surface area contributed by atoms with E-state index < -0.39 is 11.8 Å². The number of anilines is 1. The monoisotopic (exact) mass is 254 g/mol. The minimum Gasteiger partial charge on any atom is -0.318 e. The van der Waals surface area contributed by atoms with Crippen molar-refractivity contribution in [3.63, 3.8) is 0 Å². The van der Waals surface area contributed by atoms with Crippen LogP contribution < -0.4 is 10.8 Å². The van der Waals surface area contributed by atoms with Gasteiger partial charge in [-0.05, 0) is 24.3 Å². The Morgan fingerprint density at radius 3 is 2.53 bits per heavy atom. The molecule has 0 radical (unpaired) electrons. The van der Waals surface area contributed by atoms with Gasteiger partial charge in [0.25, 0.3) is 0 Å². The highest BCUT2D eigenvalue weighted by atomic mass is 35.5. The van der Waals surface area contributed by atoms with Gasteiger partial charge in [-0.3, -0.25) is 14.4 Å². The summed E-state index contributed by atoms with van der Waals surface area (Å²) in [6.45, 7) is 3.51. The minimum absolute atomic E-state index is 0.125. The summed E-state index contributed by atoms with van der Waals surface area (Å²) >= 11 is 5.67. The van der Waals surface area contributed by atoms with Gasteiger partial charge in [0.05, 0.1) is 6.61 Å². The molecule has 1 aromatic rings. The fourth-order valence-electron chi connectivity index (χ4n) is 0.934. The van der Waals surface area contributed by atoms with E-state index in [0.29, 0.717) is 10.7 Å². The number of amides is 2. The van der Waals surface area contributed by atoms with Gasteiger partial charge in [-0.2, -0.15) is 0 Å². The molecule has 0 aliphatic carbocycles. The zero-order chi connectivity index (χ0) is 12.7. The van der Waals surface area contributed by atoms with E-state index in [1.165, 1.54) is 6.08 Å². The fraction of sp³-hybridized carbons (Fsp3) is 0.0909. The maximum atomic E-state index is 11.3. The number of hydroxylamine groups is 1. The van der Waals surface area contributed by atoms with Gasteiger partial charge in [-0.1, -0.05) is 17.7 Å². The first kappa shape index (κ1) is 13.2. The standard InChI is InChI=1S/C11H11ClN2O3/c1-2-7-17-14-11(16)10(15)13-9-5-3-8(12)4-6-9/h2-6H,1,7H2,(H,13,15)(H,14,16). The molecule has 17 heavy (non-hydrogen) atoms. The van der Waals surface area contributed by atoms with Crippen molar-refractivity contribution in [1.29, 1.82) is 0 Å². The van der Waals surface area contributed by atoms with Crippen molar-refractivity contribution in [2.75, 3.05) is 11.9 Å². The zero-order valence-electron chi connectivity index (χ0n) is 8.90. The normalized spacial score (nSPS) is 9.47. The highest BCUT2D eigenvalue weighted by Crippen LogP contribution is 2.12. The molecule has 0 aliphatic rings. The Kier molecular flexibility index (Phi) is 5.19. The molecule has 1 rings (SSSR count). The SMILES string of the molecule is C=CCONC(=O)C(=O)Nc1ccc(Cl)cc1. The molecule has 0 aliphatic heterocycles. The summed E-state index contributed by atoms with van der Waals surface area (Å²) in [5, 5.41) is 2.92. The van der Waals surface area contributed by atoms with Gasteiger partial charge in [0.1, 0.15) is 0 Å². The summed E-state index contributed by atoms with van der Waals surface area (Å²) < 4.78 is 0. The van der Waals surface area contributed by atoms with Crippen LogP contribution in [-0.4, -0.2) is 18.4 Å². The van der Waals surface area contributed by atoms with Crippen LogP contribution >= 0.6 is 11.6 Å². The van der Waals surface area contributed by atoms with Gasteiger partial charge >= 0.3 is 11.8 Å². The third-order valence-corrected chi connectivity index (χ3v) is 1.93. The lowest BCUT2D eigenvalue weighted by Crippen LogP contribution is -2.35. The molecule has 0 saturated heterocycles. The maximum absolute atomic E-state index is 11.3. The summed E-state index contributed by atoms with van der Waals surface area (Å²) in [4.78, 5) is 27.1. The Hall–Kier alpha value is -1.85.